The first-order chi connectivity index (χ1) is 8.58. The molecule has 2 rings (SSSR count). The number of carbonyl (C=O) groups is 1. The molecule has 0 spiro atoms. The van der Waals surface area contributed by atoms with E-state index in [-0.39, 0.29) is 11.6 Å². The molecule has 96 valence electrons. The van der Waals surface area contributed by atoms with E-state index in [2.05, 4.69) is 20.6 Å². The van der Waals surface area contributed by atoms with Gasteiger partial charge < -0.3 is 15.6 Å². The maximum absolute atomic E-state index is 11.8. The number of carbonyl (C=O) groups excluding carboxylic acids is 1. The predicted molar refractivity (Wildman–Crippen MR) is 64.7 cm³/mol. The maximum atomic E-state index is 11.8. The van der Waals surface area contributed by atoms with Crippen molar-refractivity contribution in [2.24, 2.45) is 14.1 Å². The van der Waals surface area contributed by atoms with Crippen LogP contribution in [0.2, 0.25) is 0 Å². The molecule has 1 amide bonds. The Hall–Kier alpha value is -2.38. The molecular formula is C10H15N7O. The van der Waals surface area contributed by atoms with Crippen LogP contribution >= 0.6 is 0 Å². The lowest BCUT2D eigenvalue weighted by molar-refractivity contribution is 0.0949. The zero-order chi connectivity index (χ0) is 13.1. The largest absolute Gasteiger partial charge is 0.396 e. The Morgan fingerprint density at radius 1 is 1.50 bits per heavy atom. The molecule has 0 aromatic carbocycles. The molecule has 0 unspecified atom stereocenters. The fourth-order valence-electron chi connectivity index (χ4n) is 1.59. The molecule has 0 saturated heterocycles. The molecule has 18 heavy (non-hydrogen) atoms. The van der Waals surface area contributed by atoms with Crippen LogP contribution < -0.4 is 11.1 Å². The number of amides is 1. The van der Waals surface area contributed by atoms with Gasteiger partial charge in [-0.05, 0) is 0 Å². The van der Waals surface area contributed by atoms with Crippen molar-refractivity contribution in [1.29, 1.82) is 0 Å². The third-order valence-electron chi connectivity index (χ3n) is 2.51. The molecule has 3 N–H and O–H groups in total. The maximum Gasteiger partial charge on any atom is 0.273 e. The Balaban J connectivity index is 1.89. The zero-order valence-electron chi connectivity index (χ0n) is 10.3. The molecule has 0 bridgehead atoms. The molecule has 2 heterocycles. The van der Waals surface area contributed by atoms with Gasteiger partial charge in [-0.15, -0.1) is 10.2 Å². The van der Waals surface area contributed by atoms with E-state index in [0.29, 0.717) is 18.7 Å². The third-order valence-corrected chi connectivity index (χ3v) is 2.51. The van der Waals surface area contributed by atoms with Gasteiger partial charge in [-0.1, -0.05) is 0 Å². The van der Waals surface area contributed by atoms with Gasteiger partial charge in [0.1, 0.15) is 12.2 Å². The van der Waals surface area contributed by atoms with Crippen molar-refractivity contribution in [2.75, 3.05) is 12.3 Å². The average molecular weight is 249 g/mol. The van der Waals surface area contributed by atoms with Crippen LogP contribution in [0.25, 0.3) is 0 Å². The summed E-state index contributed by atoms with van der Waals surface area (Å²) in [5.74, 6) is 0.527. The van der Waals surface area contributed by atoms with Crippen LogP contribution in [0.1, 0.15) is 16.3 Å². The van der Waals surface area contributed by atoms with Crippen molar-refractivity contribution < 1.29 is 4.79 Å². The van der Waals surface area contributed by atoms with E-state index in [9.17, 15) is 4.79 Å². The molecule has 0 saturated carbocycles. The monoisotopic (exact) mass is 249 g/mol. The number of nitrogens with zero attached hydrogens (tertiary/aromatic N) is 5. The van der Waals surface area contributed by atoms with Crippen LogP contribution in [0.4, 0.5) is 5.69 Å². The lowest BCUT2D eigenvalue weighted by atomic mass is 10.3. The molecule has 0 fully saturated rings. The van der Waals surface area contributed by atoms with Gasteiger partial charge in [-0.25, -0.2) is 0 Å². The molecule has 0 aliphatic rings. The summed E-state index contributed by atoms with van der Waals surface area (Å²) in [5, 5.41) is 14.4. The number of aromatic nitrogens is 5. The summed E-state index contributed by atoms with van der Waals surface area (Å²) in [6.45, 7) is 0.460. The lowest BCUT2D eigenvalue weighted by Crippen LogP contribution is -2.27. The van der Waals surface area contributed by atoms with Crippen molar-refractivity contribution in [3.05, 3.63) is 24.0 Å². The molecule has 8 heteroatoms. The van der Waals surface area contributed by atoms with Gasteiger partial charge in [-0.2, -0.15) is 5.10 Å². The van der Waals surface area contributed by atoms with Gasteiger partial charge in [0.25, 0.3) is 5.91 Å². The number of aryl methyl sites for hydroxylation is 2. The van der Waals surface area contributed by atoms with Crippen molar-refractivity contribution in [3.8, 4) is 0 Å². The van der Waals surface area contributed by atoms with Crippen LogP contribution in [0.15, 0.2) is 12.5 Å². The minimum absolute atomic E-state index is 0.246. The van der Waals surface area contributed by atoms with Crippen LogP contribution in [0.3, 0.4) is 0 Å². The summed E-state index contributed by atoms with van der Waals surface area (Å²) in [6.07, 6.45) is 3.82. The van der Waals surface area contributed by atoms with E-state index in [0.717, 1.165) is 5.82 Å². The Kier molecular flexibility index (Phi) is 3.26. The molecule has 2 aromatic rings. The number of nitrogen functional groups attached to an aromatic ring is 1. The fourth-order valence-corrected chi connectivity index (χ4v) is 1.59. The lowest BCUT2D eigenvalue weighted by Gasteiger charge is -2.03. The van der Waals surface area contributed by atoms with Gasteiger partial charge >= 0.3 is 0 Å². The van der Waals surface area contributed by atoms with Crippen LogP contribution in [0, 0.1) is 0 Å². The second kappa shape index (κ2) is 4.86. The summed E-state index contributed by atoms with van der Waals surface area (Å²) in [7, 11) is 3.57. The summed E-state index contributed by atoms with van der Waals surface area (Å²) < 4.78 is 3.31. The second-order valence-corrected chi connectivity index (χ2v) is 3.97. The Labute approximate surface area is 104 Å². The SMILES string of the molecule is Cn1cc(N)c(C(=O)NCCc2nncn2C)n1. The summed E-state index contributed by atoms with van der Waals surface area (Å²) in [6, 6.07) is 0. The molecule has 2 aromatic heterocycles. The van der Waals surface area contributed by atoms with Gasteiger partial charge in [0.15, 0.2) is 5.69 Å². The number of hydrogen-bond donors (Lipinski definition) is 2. The van der Waals surface area contributed by atoms with Crippen molar-refractivity contribution >= 4 is 11.6 Å². The highest BCUT2D eigenvalue weighted by molar-refractivity contribution is 5.96. The smallest absolute Gasteiger partial charge is 0.273 e. The van der Waals surface area contributed by atoms with Crippen molar-refractivity contribution in [3.63, 3.8) is 0 Å². The Morgan fingerprint density at radius 3 is 2.83 bits per heavy atom. The van der Waals surface area contributed by atoms with Crippen molar-refractivity contribution in [2.45, 2.75) is 6.42 Å². The van der Waals surface area contributed by atoms with Gasteiger partial charge in [0, 0.05) is 33.3 Å². The van der Waals surface area contributed by atoms with Gasteiger partial charge in [-0.3, -0.25) is 9.48 Å². The molecule has 0 radical (unpaired) electrons. The third kappa shape index (κ3) is 2.47. The molecular weight excluding hydrogens is 234 g/mol. The first-order valence-corrected chi connectivity index (χ1v) is 5.48. The van der Waals surface area contributed by atoms with E-state index in [1.165, 1.54) is 4.68 Å². The van der Waals surface area contributed by atoms with E-state index >= 15 is 0 Å². The van der Waals surface area contributed by atoms with E-state index in [1.54, 1.807) is 24.1 Å². The normalized spacial score (nSPS) is 10.6. The quantitative estimate of drug-likeness (QED) is 0.731. The van der Waals surface area contributed by atoms with E-state index in [4.69, 9.17) is 5.73 Å². The topological polar surface area (TPSA) is 104 Å². The molecule has 0 atom stereocenters. The molecule has 0 aliphatic heterocycles. The van der Waals surface area contributed by atoms with E-state index < -0.39 is 0 Å². The van der Waals surface area contributed by atoms with Gasteiger partial charge in [0.2, 0.25) is 0 Å². The minimum atomic E-state index is -0.282. The Morgan fingerprint density at radius 2 is 2.28 bits per heavy atom. The standard InChI is InChI=1S/C10H15N7O/c1-16-6-13-14-8(16)3-4-12-10(18)9-7(11)5-17(2)15-9/h5-6H,3-4,11H2,1-2H3,(H,12,18). The van der Waals surface area contributed by atoms with Crippen molar-refractivity contribution in [1.82, 2.24) is 29.9 Å². The fraction of sp³-hybridized carbons (Fsp3) is 0.400. The van der Waals surface area contributed by atoms with Crippen LogP contribution in [-0.2, 0) is 20.5 Å². The first-order valence-electron chi connectivity index (χ1n) is 5.48. The average Bonchev–Trinajstić information content (AvgIpc) is 2.85. The summed E-state index contributed by atoms with van der Waals surface area (Å²) >= 11 is 0. The van der Waals surface area contributed by atoms with Crippen LogP contribution in [-0.4, -0.2) is 37.0 Å². The number of anilines is 1. The van der Waals surface area contributed by atoms with Gasteiger partial charge in [0.05, 0.1) is 5.69 Å². The highest BCUT2D eigenvalue weighted by atomic mass is 16.1. The Bertz CT molecular complexity index is 556. The summed E-state index contributed by atoms with van der Waals surface area (Å²) in [5.41, 5.74) is 6.28. The highest BCUT2D eigenvalue weighted by Crippen LogP contribution is 2.07. The number of nitrogens with two attached hydrogens (primary N) is 1. The van der Waals surface area contributed by atoms with Crippen LogP contribution in [0.5, 0.6) is 0 Å². The predicted octanol–water partition coefficient (Wildman–Crippen LogP) is -0.897. The highest BCUT2D eigenvalue weighted by Gasteiger charge is 2.13. The number of hydrogen-bond acceptors (Lipinski definition) is 5. The minimum Gasteiger partial charge on any atom is -0.396 e. The van der Waals surface area contributed by atoms with E-state index in [1.807, 2.05) is 7.05 Å². The molecule has 0 aliphatic carbocycles. The first kappa shape index (κ1) is 12.1. The summed E-state index contributed by atoms with van der Waals surface area (Å²) in [4.78, 5) is 11.8. The number of rotatable bonds is 4. The zero-order valence-corrected chi connectivity index (χ0v) is 10.3. The second-order valence-electron chi connectivity index (χ2n) is 3.97. The molecule has 8 nitrogen and oxygen atoms in total. The number of nitrogens with one attached hydrogen (secondary N) is 1.